The second kappa shape index (κ2) is 10.7. The van der Waals surface area contributed by atoms with Crippen molar-refractivity contribution in [1.82, 2.24) is 30.1 Å². The van der Waals surface area contributed by atoms with Crippen molar-refractivity contribution < 1.29 is 4.39 Å². The standard InChI is InChI=1S/C28H33FN6O/c1-3-26(27-31-32-33-35(27)17-20-10-13-23(29)14-11-20)34(24-7-5-4-6-8-24)18-22-16-21-12-9-19(2)15-25(21)30-28(22)36/h9-16,24,26H,3-8,17-18H2,1-2H3,(H,30,36)/t26-/m1/s1. The van der Waals surface area contributed by atoms with E-state index in [9.17, 15) is 9.18 Å². The lowest BCUT2D eigenvalue weighted by Crippen LogP contribution is -2.41. The van der Waals surface area contributed by atoms with Gasteiger partial charge in [-0.2, -0.15) is 0 Å². The van der Waals surface area contributed by atoms with E-state index in [4.69, 9.17) is 0 Å². The molecule has 1 aliphatic carbocycles. The van der Waals surface area contributed by atoms with Crippen molar-refractivity contribution in [2.75, 3.05) is 0 Å². The zero-order chi connectivity index (χ0) is 25.1. The molecule has 2 aromatic heterocycles. The second-order valence-electron chi connectivity index (χ2n) is 9.92. The highest BCUT2D eigenvalue weighted by Crippen LogP contribution is 2.33. The first-order valence-electron chi connectivity index (χ1n) is 12.9. The summed E-state index contributed by atoms with van der Waals surface area (Å²) >= 11 is 0. The lowest BCUT2D eigenvalue weighted by Gasteiger charge is -2.39. The van der Waals surface area contributed by atoms with Crippen LogP contribution in [0, 0.1) is 12.7 Å². The van der Waals surface area contributed by atoms with Gasteiger partial charge in [-0.25, -0.2) is 9.07 Å². The van der Waals surface area contributed by atoms with E-state index in [1.807, 2.05) is 23.7 Å². The number of H-pyrrole nitrogens is 1. The molecule has 0 bridgehead atoms. The normalized spacial score (nSPS) is 15.6. The highest BCUT2D eigenvalue weighted by molar-refractivity contribution is 5.79. The molecular formula is C28H33FN6O. The first-order valence-corrected chi connectivity index (χ1v) is 12.9. The van der Waals surface area contributed by atoms with Gasteiger partial charge in [-0.3, -0.25) is 9.69 Å². The minimum atomic E-state index is -0.263. The fraction of sp³-hybridized carbons (Fsp3) is 0.429. The van der Waals surface area contributed by atoms with Gasteiger partial charge in [0.25, 0.3) is 5.56 Å². The molecule has 2 heterocycles. The van der Waals surface area contributed by atoms with Gasteiger partial charge in [-0.05, 0) is 77.4 Å². The number of aromatic amines is 1. The van der Waals surface area contributed by atoms with E-state index in [-0.39, 0.29) is 17.4 Å². The Kier molecular flexibility index (Phi) is 7.23. The molecule has 36 heavy (non-hydrogen) atoms. The van der Waals surface area contributed by atoms with Crippen LogP contribution >= 0.6 is 0 Å². The third-order valence-electron chi connectivity index (χ3n) is 7.37. The Balaban J connectivity index is 1.49. The van der Waals surface area contributed by atoms with E-state index < -0.39 is 0 Å². The summed E-state index contributed by atoms with van der Waals surface area (Å²) in [5, 5.41) is 13.7. The monoisotopic (exact) mass is 488 g/mol. The highest BCUT2D eigenvalue weighted by atomic mass is 19.1. The summed E-state index contributed by atoms with van der Waals surface area (Å²) in [5.41, 5.74) is 3.63. The molecule has 2 aromatic carbocycles. The predicted molar refractivity (Wildman–Crippen MR) is 138 cm³/mol. The van der Waals surface area contributed by atoms with E-state index in [1.165, 1.54) is 31.4 Å². The number of aryl methyl sites for hydroxylation is 1. The third-order valence-corrected chi connectivity index (χ3v) is 7.37. The van der Waals surface area contributed by atoms with E-state index in [2.05, 4.69) is 44.5 Å². The van der Waals surface area contributed by atoms with Crippen LogP contribution in [0.15, 0.2) is 53.3 Å². The molecule has 1 N–H and O–H groups in total. The van der Waals surface area contributed by atoms with Crippen LogP contribution in [-0.2, 0) is 13.1 Å². The number of nitrogens with one attached hydrogen (secondary N) is 1. The summed E-state index contributed by atoms with van der Waals surface area (Å²) in [6.45, 7) is 5.17. The van der Waals surface area contributed by atoms with Crippen LogP contribution < -0.4 is 5.56 Å². The number of halogens is 1. The SMILES string of the molecule is CC[C@H](c1nnnn1Cc1ccc(F)cc1)N(Cc1cc2ccc(C)cc2[nH]c1=O)C1CCCCC1. The van der Waals surface area contributed by atoms with Crippen molar-refractivity contribution in [3.05, 3.63) is 87.2 Å². The van der Waals surface area contributed by atoms with E-state index in [1.54, 1.807) is 12.1 Å². The van der Waals surface area contributed by atoms with Crippen LogP contribution in [0.1, 0.15) is 74.0 Å². The molecule has 0 amide bonds. The number of nitrogens with zero attached hydrogens (tertiary/aromatic N) is 5. The molecular weight excluding hydrogens is 455 g/mol. The minimum absolute atomic E-state index is 0.0448. The molecule has 0 saturated heterocycles. The minimum Gasteiger partial charge on any atom is -0.322 e. The van der Waals surface area contributed by atoms with Crippen molar-refractivity contribution in [3.8, 4) is 0 Å². The van der Waals surface area contributed by atoms with Crippen molar-refractivity contribution in [2.45, 2.75) is 77.5 Å². The topological polar surface area (TPSA) is 79.7 Å². The van der Waals surface area contributed by atoms with Crippen molar-refractivity contribution in [1.29, 1.82) is 0 Å². The van der Waals surface area contributed by atoms with Crippen molar-refractivity contribution >= 4 is 10.9 Å². The van der Waals surface area contributed by atoms with Crippen LogP contribution in [-0.4, -0.2) is 36.1 Å². The smallest absolute Gasteiger partial charge is 0.252 e. The fourth-order valence-corrected chi connectivity index (χ4v) is 5.47. The lowest BCUT2D eigenvalue weighted by molar-refractivity contribution is 0.0844. The summed E-state index contributed by atoms with van der Waals surface area (Å²) in [5.74, 6) is 0.515. The molecule has 0 aliphatic heterocycles. The van der Waals surface area contributed by atoms with Gasteiger partial charge in [0.05, 0.1) is 12.6 Å². The van der Waals surface area contributed by atoms with Gasteiger partial charge in [-0.1, -0.05) is 50.5 Å². The number of hydrogen-bond donors (Lipinski definition) is 1. The number of rotatable bonds is 8. The summed E-state index contributed by atoms with van der Waals surface area (Å²) in [6, 6.07) is 14.9. The Bertz CT molecular complexity index is 1370. The molecule has 1 atom stereocenters. The van der Waals surface area contributed by atoms with Gasteiger partial charge in [0, 0.05) is 23.7 Å². The lowest BCUT2D eigenvalue weighted by atomic mass is 9.92. The Hall–Kier alpha value is -3.39. The second-order valence-corrected chi connectivity index (χ2v) is 9.92. The average molecular weight is 489 g/mol. The Labute approximate surface area is 210 Å². The van der Waals surface area contributed by atoms with Gasteiger partial charge >= 0.3 is 0 Å². The maximum absolute atomic E-state index is 13.4. The van der Waals surface area contributed by atoms with Crippen molar-refractivity contribution in [3.63, 3.8) is 0 Å². The van der Waals surface area contributed by atoms with E-state index in [0.717, 1.165) is 52.7 Å². The first kappa shape index (κ1) is 24.3. The molecule has 7 nitrogen and oxygen atoms in total. The number of fused-ring (bicyclic) bond motifs is 1. The number of aromatic nitrogens is 5. The molecule has 0 spiro atoms. The van der Waals surface area contributed by atoms with Gasteiger partial charge < -0.3 is 4.98 Å². The van der Waals surface area contributed by atoms with Crippen LogP contribution in [0.5, 0.6) is 0 Å². The quantitative estimate of drug-likeness (QED) is 0.364. The fourth-order valence-electron chi connectivity index (χ4n) is 5.47. The zero-order valence-electron chi connectivity index (χ0n) is 21.0. The molecule has 188 valence electrons. The maximum atomic E-state index is 13.4. The summed E-state index contributed by atoms with van der Waals surface area (Å²) in [7, 11) is 0. The Morgan fingerprint density at radius 2 is 1.89 bits per heavy atom. The zero-order valence-corrected chi connectivity index (χ0v) is 21.0. The van der Waals surface area contributed by atoms with E-state index in [0.29, 0.717) is 19.1 Å². The molecule has 4 aromatic rings. The predicted octanol–water partition coefficient (Wildman–Crippen LogP) is 5.30. The first-order chi connectivity index (χ1) is 17.5. The van der Waals surface area contributed by atoms with Crippen LogP contribution in [0.3, 0.4) is 0 Å². The molecule has 1 fully saturated rings. The van der Waals surface area contributed by atoms with Crippen molar-refractivity contribution in [2.24, 2.45) is 0 Å². The Morgan fingerprint density at radius 1 is 1.11 bits per heavy atom. The van der Waals surface area contributed by atoms with Gasteiger partial charge in [0.1, 0.15) is 5.82 Å². The number of hydrogen-bond acceptors (Lipinski definition) is 5. The number of benzene rings is 2. The van der Waals surface area contributed by atoms with Crippen LogP contribution in [0.4, 0.5) is 4.39 Å². The summed E-state index contributed by atoms with van der Waals surface area (Å²) in [4.78, 5) is 18.7. The highest BCUT2D eigenvalue weighted by Gasteiger charge is 2.32. The molecule has 0 radical (unpaired) electrons. The van der Waals surface area contributed by atoms with Gasteiger partial charge in [0.2, 0.25) is 0 Å². The summed E-state index contributed by atoms with van der Waals surface area (Å²) < 4.78 is 15.2. The van der Waals surface area contributed by atoms with Crippen LogP contribution in [0.25, 0.3) is 10.9 Å². The van der Waals surface area contributed by atoms with Gasteiger partial charge in [0.15, 0.2) is 5.82 Å². The molecule has 0 unspecified atom stereocenters. The number of tetrazole rings is 1. The summed E-state index contributed by atoms with van der Waals surface area (Å²) in [6.07, 6.45) is 6.63. The van der Waals surface area contributed by atoms with Gasteiger partial charge in [-0.15, -0.1) is 5.10 Å². The number of pyridine rings is 1. The maximum Gasteiger partial charge on any atom is 0.252 e. The molecule has 8 heteroatoms. The average Bonchev–Trinajstić information content (AvgIpc) is 3.34. The Morgan fingerprint density at radius 3 is 2.64 bits per heavy atom. The van der Waals surface area contributed by atoms with Crippen LogP contribution in [0.2, 0.25) is 0 Å². The molecule has 5 rings (SSSR count). The molecule has 1 aliphatic rings. The van der Waals surface area contributed by atoms with E-state index >= 15 is 0 Å². The largest absolute Gasteiger partial charge is 0.322 e. The third kappa shape index (κ3) is 5.23. The molecule has 1 saturated carbocycles.